The Morgan fingerprint density at radius 1 is 0.840 bits per heavy atom. The van der Waals surface area contributed by atoms with Gasteiger partial charge in [0, 0.05) is 5.41 Å². The zero-order valence-corrected chi connectivity index (χ0v) is 17.8. The van der Waals surface area contributed by atoms with Gasteiger partial charge in [0.25, 0.3) is 0 Å². The Labute approximate surface area is 154 Å². The molecule has 2 heteroatoms. The molecular formula is C23H27PSi. The van der Waals surface area contributed by atoms with Crippen molar-refractivity contribution in [2.45, 2.75) is 33.5 Å². The largest absolute Gasteiger partial charge is 0.0790 e. The molecule has 0 N–H and O–H groups in total. The third-order valence-electron chi connectivity index (χ3n) is 5.81. The maximum atomic E-state index is 2.54. The van der Waals surface area contributed by atoms with Gasteiger partial charge in [-0.05, 0) is 40.0 Å². The SMILES string of the molecule is CC1=C(c2ccccc2)P2CC1(C)C(c1ccccc1)=C2[Si](C)(C)C. The van der Waals surface area contributed by atoms with E-state index in [0.717, 1.165) is 0 Å². The van der Waals surface area contributed by atoms with Gasteiger partial charge in [0.1, 0.15) is 0 Å². The van der Waals surface area contributed by atoms with Crippen LogP contribution in [0.15, 0.2) is 71.2 Å². The number of benzene rings is 2. The van der Waals surface area contributed by atoms with Crippen LogP contribution in [0.5, 0.6) is 0 Å². The molecule has 0 aromatic heterocycles. The van der Waals surface area contributed by atoms with E-state index < -0.39 is 8.07 Å². The molecule has 0 radical (unpaired) electrons. The van der Waals surface area contributed by atoms with Crippen molar-refractivity contribution < 1.29 is 0 Å². The summed E-state index contributed by atoms with van der Waals surface area (Å²) in [6.45, 7) is 12.5. The third kappa shape index (κ3) is 2.52. The molecule has 0 aliphatic carbocycles. The van der Waals surface area contributed by atoms with Gasteiger partial charge < -0.3 is 0 Å². The summed E-state index contributed by atoms with van der Waals surface area (Å²) in [6.07, 6.45) is 1.32. The van der Waals surface area contributed by atoms with Crippen molar-refractivity contribution in [2.75, 3.05) is 6.16 Å². The second kappa shape index (κ2) is 5.79. The Morgan fingerprint density at radius 3 is 1.88 bits per heavy atom. The first-order chi connectivity index (χ1) is 11.8. The van der Waals surface area contributed by atoms with Crippen molar-refractivity contribution in [1.29, 1.82) is 0 Å². The fourth-order valence-corrected chi connectivity index (χ4v) is 12.9. The lowest BCUT2D eigenvalue weighted by Crippen LogP contribution is -2.27. The summed E-state index contributed by atoms with van der Waals surface area (Å²) in [4.78, 5) is 1.85. The highest BCUT2D eigenvalue weighted by molar-refractivity contribution is 7.77. The summed E-state index contributed by atoms with van der Waals surface area (Å²) in [5, 5.41) is 1.68. The molecule has 0 nitrogen and oxygen atoms in total. The van der Waals surface area contributed by atoms with Crippen LogP contribution < -0.4 is 0 Å². The summed E-state index contributed by atoms with van der Waals surface area (Å²) in [7, 11) is -1.59. The number of hydrogen-bond donors (Lipinski definition) is 0. The lowest BCUT2D eigenvalue weighted by molar-refractivity contribution is 0.631. The lowest BCUT2D eigenvalue weighted by Gasteiger charge is -2.35. The average molecular weight is 363 g/mol. The molecule has 2 atom stereocenters. The lowest BCUT2D eigenvalue weighted by atomic mass is 9.75. The van der Waals surface area contributed by atoms with E-state index in [1.165, 1.54) is 17.3 Å². The van der Waals surface area contributed by atoms with Gasteiger partial charge in [0.15, 0.2) is 0 Å². The number of rotatable bonds is 3. The second-order valence-corrected chi connectivity index (χ2v) is 16.1. The molecule has 2 bridgehead atoms. The van der Waals surface area contributed by atoms with Crippen molar-refractivity contribution in [1.82, 2.24) is 0 Å². The van der Waals surface area contributed by atoms with Crippen LogP contribution in [-0.4, -0.2) is 14.2 Å². The maximum Gasteiger partial charge on any atom is 0.0790 e. The van der Waals surface area contributed by atoms with Crippen molar-refractivity contribution in [2.24, 2.45) is 5.41 Å². The molecule has 0 spiro atoms. The molecule has 25 heavy (non-hydrogen) atoms. The Bertz CT molecular complexity index is 871. The van der Waals surface area contributed by atoms with Gasteiger partial charge in [-0.25, -0.2) is 0 Å². The highest BCUT2D eigenvalue weighted by atomic mass is 31.1. The van der Waals surface area contributed by atoms with Crippen molar-refractivity contribution in [3.63, 3.8) is 0 Å². The second-order valence-electron chi connectivity index (χ2n) is 8.60. The van der Waals surface area contributed by atoms with Gasteiger partial charge in [-0.3, -0.25) is 0 Å². The summed E-state index contributed by atoms with van der Waals surface area (Å²) >= 11 is 0. The van der Waals surface area contributed by atoms with Crippen LogP contribution in [0.3, 0.4) is 0 Å². The first-order valence-electron chi connectivity index (χ1n) is 9.19. The maximum absolute atomic E-state index is 2.54. The fraction of sp³-hybridized carbons (Fsp3) is 0.304. The van der Waals surface area contributed by atoms with E-state index in [-0.39, 0.29) is 13.3 Å². The minimum atomic E-state index is -1.40. The normalized spacial score (nSPS) is 25.9. The third-order valence-corrected chi connectivity index (χ3v) is 13.1. The summed E-state index contributed by atoms with van der Waals surface area (Å²) in [6, 6.07) is 22.3. The molecule has 2 aliphatic rings. The molecular weight excluding hydrogens is 335 g/mol. The molecule has 2 aromatic carbocycles. The first kappa shape index (κ1) is 17.0. The smallest absolute Gasteiger partial charge is 0.0656 e. The van der Waals surface area contributed by atoms with Gasteiger partial charge in [-0.1, -0.05) is 101 Å². The molecule has 0 fully saturated rings. The van der Waals surface area contributed by atoms with E-state index in [1.807, 2.05) is 4.94 Å². The fourth-order valence-electron chi connectivity index (χ4n) is 4.64. The van der Waals surface area contributed by atoms with Crippen LogP contribution in [0.1, 0.15) is 25.0 Å². The highest BCUT2D eigenvalue weighted by Crippen LogP contribution is 2.78. The Hall–Kier alpha value is -1.43. The van der Waals surface area contributed by atoms with Crippen molar-refractivity contribution >= 4 is 26.9 Å². The molecule has 128 valence electrons. The quantitative estimate of drug-likeness (QED) is 0.399. The van der Waals surface area contributed by atoms with E-state index in [0.29, 0.717) is 0 Å². The van der Waals surface area contributed by atoms with E-state index >= 15 is 0 Å². The van der Waals surface area contributed by atoms with E-state index in [4.69, 9.17) is 0 Å². The van der Waals surface area contributed by atoms with Crippen molar-refractivity contribution in [3.05, 3.63) is 82.3 Å². The van der Waals surface area contributed by atoms with E-state index in [2.05, 4.69) is 94.2 Å². The Kier molecular flexibility index (Phi) is 3.94. The highest BCUT2D eigenvalue weighted by Gasteiger charge is 2.54. The van der Waals surface area contributed by atoms with Gasteiger partial charge in [-0.15, -0.1) is 0 Å². The Morgan fingerprint density at radius 2 is 1.36 bits per heavy atom. The predicted molar refractivity (Wildman–Crippen MR) is 116 cm³/mol. The van der Waals surface area contributed by atoms with Gasteiger partial charge in [-0.2, -0.15) is 0 Å². The molecule has 0 saturated heterocycles. The van der Waals surface area contributed by atoms with Crippen LogP contribution in [0.4, 0.5) is 0 Å². The zero-order valence-electron chi connectivity index (χ0n) is 15.9. The van der Waals surface area contributed by atoms with Crippen LogP contribution in [-0.2, 0) is 0 Å². The van der Waals surface area contributed by atoms with Gasteiger partial charge in [0.05, 0.1) is 8.07 Å². The van der Waals surface area contributed by atoms with Crippen molar-refractivity contribution in [3.8, 4) is 0 Å². The molecule has 2 aliphatic heterocycles. The number of fused-ring (bicyclic) bond motifs is 2. The molecule has 0 amide bonds. The summed E-state index contributed by atoms with van der Waals surface area (Å²) in [5.74, 6) is 0. The first-order valence-corrected chi connectivity index (χ1v) is 14.2. The predicted octanol–water partition coefficient (Wildman–Crippen LogP) is 7.22. The number of hydrogen-bond acceptors (Lipinski definition) is 0. The molecule has 2 unspecified atom stereocenters. The summed E-state index contributed by atoms with van der Waals surface area (Å²) in [5.41, 5.74) is 6.42. The van der Waals surface area contributed by atoms with Crippen LogP contribution in [0.25, 0.3) is 10.9 Å². The zero-order chi connectivity index (χ0) is 17.8. The molecule has 0 saturated carbocycles. The molecule has 2 heterocycles. The standard InChI is InChI=1S/C23H27PSi/c1-17-21(19-14-10-7-11-15-19)24-16-23(17,2)20(22(24)25(3,4)5)18-12-8-6-9-13-18/h6-15H,16H2,1-5H3. The van der Waals surface area contributed by atoms with E-state index in [9.17, 15) is 0 Å². The topological polar surface area (TPSA) is 0 Å². The molecule has 2 aromatic rings. The minimum Gasteiger partial charge on any atom is -0.0656 e. The number of allylic oxidation sites excluding steroid dienone is 2. The average Bonchev–Trinajstić information content (AvgIpc) is 3.04. The van der Waals surface area contributed by atoms with Crippen LogP contribution >= 0.6 is 7.92 Å². The minimum absolute atomic E-state index is 0.190. The van der Waals surface area contributed by atoms with Crippen LogP contribution in [0, 0.1) is 5.41 Å². The monoisotopic (exact) mass is 362 g/mol. The summed E-state index contributed by atoms with van der Waals surface area (Å²) < 4.78 is 0. The van der Waals surface area contributed by atoms with E-state index in [1.54, 1.807) is 16.5 Å². The molecule has 4 rings (SSSR count). The Balaban J connectivity index is 1.96. The van der Waals surface area contributed by atoms with Gasteiger partial charge in [0.2, 0.25) is 0 Å². The van der Waals surface area contributed by atoms with Crippen LogP contribution in [0.2, 0.25) is 19.6 Å². The van der Waals surface area contributed by atoms with Gasteiger partial charge >= 0.3 is 0 Å².